The summed E-state index contributed by atoms with van der Waals surface area (Å²) >= 11 is 5.83. The van der Waals surface area contributed by atoms with Crippen LogP contribution in [0, 0.1) is 16.7 Å². The van der Waals surface area contributed by atoms with Gasteiger partial charge >= 0.3 is 0 Å². The van der Waals surface area contributed by atoms with Crippen molar-refractivity contribution >= 4 is 21.6 Å². The average Bonchev–Trinajstić information content (AvgIpc) is 2.47. The van der Waals surface area contributed by atoms with Crippen LogP contribution in [0.5, 0.6) is 0 Å². The van der Waals surface area contributed by atoms with Crippen LogP contribution >= 0.6 is 11.6 Å². The fourth-order valence-corrected chi connectivity index (χ4v) is 5.14. The Hall–Kier alpha value is -1.16. The van der Waals surface area contributed by atoms with E-state index in [1.165, 1.54) is 4.31 Å². The second kappa shape index (κ2) is 6.99. The van der Waals surface area contributed by atoms with Crippen LogP contribution in [0.15, 0.2) is 24.3 Å². The van der Waals surface area contributed by atoms with Gasteiger partial charge in [0.25, 0.3) is 0 Å². The lowest BCUT2D eigenvalue weighted by molar-refractivity contribution is 0.0867. The van der Waals surface area contributed by atoms with Crippen molar-refractivity contribution in [2.75, 3.05) is 18.8 Å². The van der Waals surface area contributed by atoms with Crippen LogP contribution in [-0.4, -0.2) is 31.6 Å². The van der Waals surface area contributed by atoms with Gasteiger partial charge in [0.2, 0.25) is 10.0 Å². The summed E-state index contributed by atoms with van der Waals surface area (Å²) in [6, 6.07) is 8.62. The lowest BCUT2D eigenvalue weighted by Crippen LogP contribution is -2.45. The summed E-state index contributed by atoms with van der Waals surface area (Å²) in [4.78, 5) is 0. The highest BCUT2D eigenvalue weighted by molar-refractivity contribution is 7.89. The number of rotatable bonds is 5. The maximum Gasteiger partial charge on any atom is 0.214 e. The second-order valence-corrected chi connectivity index (χ2v) is 9.53. The third kappa shape index (κ3) is 4.47. The number of alkyl halides is 1. The maximum absolute atomic E-state index is 15.1. The third-order valence-electron chi connectivity index (χ3n) is 4.40. The topological polar surface area (TPSA) is 61.2 Å². The Morgan fingerprint density at radius 3 is 2.33 bits per heavy atom. The summed E-state index contributed by atoms with van der Waals surface area (Å²) in [6.07, 6.45) is 0.400. The fourth-order valence-electron chi connectivity index (χ4n) is 3.01. The van der Waals surface area contributed by atoms with E-state index >= 15 is 4.39 Å². The summed E-state index contributed by atoms with van der Waals surface area (Å²) in [7, 11) is -3.51. The van der Waals surface area contributed by atoms with E-state index in [9.17, 15) is 8.42 Å². The zero-order valence-electron chi connectivity index (χ0n) is 13.9. The molecule has 24 heavy (non-hydrogen) atoms. The Morgan fingerprint density at radius 2 is 1.83 bits per heavy atom. The Bertz CT molecular complexity index is 718. The molecule has 0 aromatic heterocycles. The van der Waals surface area contributed by atoms with Gasteiger partial charge in [-0.05, 0) is 36.0 Å². The van der Waals surface area contributed by atoms with Crippen LogP contribution in [0.1, 0.15) is 38.7 Å². The molecule has 1 aliphatic rings. The molecule has 0 saturated carbocycles. The molecule has 1 aromatic rings. The predicted octanol–water partition coefficient (Wildman–Crippen LogP) is 3.87. The molecule has 2 rings (SSSR count). The number of hydrogen-bond donors (Lipinski definition) is 0. The largest absolute Gasteiger partial charge is 0.239 e. The van der Waals surface area contributed by atoms with Crippen molar-refractivity contribution in [2.24, 2.45) is 5.41 Å². The van der Waals surface area contributed by atoms with Crippen molar-refractivity contribution in [3.8, 4) is 6.07 Å². The van der Waals surface area contributed by atoms with Crippen LogP contribution in [-0.2, 0) is 15.7 Å². The van der Waals surface area contributed by atoms with Gasteiger partial charge in [0.1, 0.15) is 5.67 Å². The maximum atomic E-state index is 15.1. The zero-order valence-corrected chi connectivity index (χ0v) is 15.5. The van der Waals surface area contributed by atoms with Gasteiger partial charge in [-0.1, -0.05) is 37.6 Å². The monoisotopic (exact) mass is 372 g/mol. The highest BCUT2D eigenvalue weighted by Crippen LogP contribution is 2.38. The minimum Gasteiger partial charge on any atom is -0.239 e. The minimum absolute atomic E-state index is 0.103. The molecule has 4 nitrogen and oxygen atoms in total. The van der Waals surface area contributed by atoms with Crippen molar-refractivity contribution in [1.29, 1.82) is 5.26 Å². The molecule has 0 aliphatic carbocycles. The highest BCUT2D eigenvalue weighted by Gasteiger charge is 2.40. The second-order valence-electron chi connectivity index (χ2n) is 7.13. The minimum atomic E-state index is -3.51. The van der Waals surface area contributed by atoms with E-state index < -0.39 is 21.1 Å². The first-order valence-electron chi connectivity index (χ1n) is 7.88. The van der Waals surface area contributed by atoms with E-state index in [1.54, 1.807) is 38.1 Å². The molecule has 7 heteroatoms. The summed E-state index contributed by atoms with van der Waals surface area (Å²) in [5.74, 6) is -0.103. The molecule has 1 fully saturated rings. The Morgan fingerprint density at radius 1 is 1.29 bits per heavy atom. The van der Waals surface area contributed by atoms with Gasteiger partial charge < -0.3 is 0 Å². The summed E-state index contributed by atoms with van der Waals surface area (Å²) in [6.45, 7) is 3.80. The lowest BCUT2D eigenvalue weighted by atomic mass is 9.87. The molecule has 0 spiro atoms. The average molecular weight is 373 g/mol. The molecule has 1 heterocycles. The third-order valence-corrected chi connectivity index (χ3v) is 6.95. The van der Waals surface area contributed by atoms with E-state index in [1.807, 2.05) is 6.07 Å². The molecule has 0 amide bonds. The van der Waals surface area contributed by atoms with Crippen molar-refractivity contribution < 1.29 is 12.8 Å². The van der Waals surface area contributed by atoms with Gasteiger partial charge in [0, 0.05) is 24.5 Å². The quantitative estimate of drug-likeness (QED) is 0.788. The van der Waals surface area contributed by atoms with Crippen LogP contribution in [0.4, 0.5) is 4.39 Å². The fraction of sp³-hybridized carbons (Fsp3) is 0.588. The smallest absolute Gasteiger partial charge is 0.214 e. The van der Waals surface area contributed by atoms with Gasteiger partial charge in [-0.15, -0.1) is 0 Å². The van der Waals surface area contributed by atoms with E-state index in [2.05, 4.69) is 0 Å². The molecule has 0 N–H and O–H groups in total. The summed E-state index contributed by atoms with van der Waals surface area (Å²) < 4.78 is 41.6. The molecule has 1 aliphatic heterocycles. The molecule has 0 unspecified atom stereocenters. The number of sulfonamides is 1. The van der Waals surface area contributed by atoms with Gasteiger partial charge in [-0.2, -0.15) is 5.26 Å². The molecular weight excluding hydrogens is 351 g/mol. The van der Waals surface area contributed by atoms with E-state index in [-0.39, 0.29) is 38.1 Å². The molecule has 0 atom stereocenters. The van der Waals surface area contributed by atoms with Gasteiger partial charge in [-0.25, -0.2) is 17.1 Å². The number of benzene rings is 1. The van der Waals surface area contributed by atoms with Gasteiger partial charge in [0.15, 0.2) is 0 Å². The summed E-state index contributed by atoms with van der Waals surface area (Å²) in [5, 5.41) is 9.35. The molecule has 0 radical (unpaired) electrons. The number of halogens is 2. The van der Waals surface area contributed by atoms with Crippen molar-refractivity contribution in [3.63, 3.8) is 0 Å². The van der Waals surface area contributed by atoms with E-state index in [0.717, 1.165) is 0 Å². The Kier molecular flexibility index (Phi) is 5.58. The first kappa shape index (κ1) is 19.2. The molecule has 0 bridgehead atoms. The first-order valence-corrected chi connectivity index (χ1v) is 9.86. The standard InChI is InChI=1S/C17H22ClFN2O2S/c1-16(2,7-10-20)13-24(22,23)21-11-8-17(19,9-12-21)14-3-5-15(18)6-4-14/h3-6H,7-9,11-13H2,1-2H3. The zero-order chi connectivity index (χ0) is 18.0. The molecule has 1 aromatic carbocycles. The van der Waals surface area contributed by atoms with Crippen LogP contribution < -0.4 is 0 Å². The van der Waals surface area contributed by atoms with Crippen molar-refractivity contribution in [2.45, 2.75) is 38.8 Å². The van der Waals surface area contributed by atoms with Crippen LogP contribution in [0.2, 0.25) is 5.02 Å². The van der Waals surface area contributed by atoms with Crippen molar-refractivity contribution in [1.82, 2.24) is 4.31 Å². The predicted molar refractivity (Wildman–Crippen MR) is 92.8 cm³/mol. The van der Waals surface area contributed by atoms with Gasteiger partial charge in [0.05, 0.1) is 11.8 Å². The molecule has 1 saturated heterocycles. The number of nitrogens with zero attached hydrogens (tertiary/aromatic N) is 2. The van der Waals surface area contributed by atoms with E-state index in [4.69, 9.17) is 16.9 Å². The van der Waals surface area contributed by atoms with Crippen LogP contribution in [0.25, 0.3) is 0 Å². The SMILES string of the molecule is CC(C)(CC#N)CS(=O)(=O)N1CCC(F)(c2ccc(Cl)cc2)CC1. The normalized spacial score (nSPS) is 19.0. The van der Waals surface area contributed by atoms with Crippen molar-refractivity contribution in [3.05, 3.63) is 34.9 Å². The van der Waals surface area contributed by atoms with E-state index in [0.29, 0.717) is 10.6 Å². The summed E-state index contributed by atoms with van der Waals surface area (Å²) in [5.41, 5.74) is -1.61. The van der Waals surface area contributed by atoms with Gasteiger partial charge in [-0.3, -0.25) is 0 Å². The number of hydrogen-bond acceptors (Lipinski definition) is 3. The van der Waals surface area contributed by atoms with Crippen LogP contribution in [0.3, 0.4) is 0 Å². The number of piperidine rings is 1. The highest BCUT2D eigenvalue weighted by atomic mass is 35.5. The first-order chi connectivity index (χ1) is 11.1. The lowest BCUT2D eigenvalue weighted by Gasteiger charge is -2.37. The molecular formula is C17H22ClFN2O2S. The Labute approximate surface area is 148 Å². The Balaban J connectivity index is 2.06. The molecule has 132 valence electrons. The number of nitriles is 1.